The van der Waals surface area contributed by atoms with Crippen LogP contribution < -0.4 is 20.1 Å². The van der Waals surface area contributed by atoms with Gasteiger partial charge in [-0.3, -0.25) is 4.79 Å². The number of sulfonamides is 1. The van der Waals surface area contributed by atoms with Crippen molar-refractivity contribution in [3.63, 3.8) is 0 Å². The van der Waals surface area contributed by atoms with E-state index in [2.05, 4.69) is 33.4 Å². The zero-order chi connectivity index (χ0) is 26.9. The lowest BCUT2D eigenvalue weighted by Crippen LogP contribution is -2.37. The second-order valence-electron chi connectivity index (χ2n) is 9.59. The molecule has 196 valence electrons. The summed E-state index contributed by atoms with van der Waals surface area (Å²) in [5, 5.41) is -0.332. The van der Waals surface area contributed by atoms with Crippen LogP contribution in [0.15, 0.2) is 47.6 Å². The van der Waals surface area contributed by atoms with Gasteiger partial charge in [-0.2, -0.15) is 8.42 Å². The van der Waals surface area contributed by atoms with Gasteiger partial charge in [0, 0.05) is 29.9 Å². The summed E-state index contributed by atoms with van der Waals surface area (Å²) in [6.45, 7) is 9.82. The van der Waals surface area contributed by atoms with Crippen molar-refractivity contribution < 1.29 is 17.9 Å². The topological polar surface area (TPSA) is 140 Å². The average Bonchev–Trinajstić information content (AvgIpc) is 3.16. The number of aromatic nitrogens is 3. The highest BCUT2D eigenvalue weighted by atomic mass is 32.2. The standard InChI is InChI=1S/C26H32N6O4S/c1-15(2)36-22-12-11-19(14-28-22)24-16(3)13-20(25(30-24)32-17(4)9-10-18(32)5)26(33)31-37(34,35)23-8-6-7-21(27)29-23/h6-8,11-15,17-18H,9-10H2,1-5H3,(H2,27,29)(H,31,33)/t17-,18+. The highest BCUT2D eigenvalue weighted by Gasteiger charge is 2.33. The van der Waals surface area contributed by atoms with Gasteiger partial charge in [0.05, 0.1) is 17.4 Å². The number of hydrogen-bond donors (Lipinski definition) is 2. The highest BCUT2D eigenvalue weighted by molar-refractivity contribution is 7.90. The van der Waals surface area contributed by atoms with E-state index in [4.69, 9.17) is 15.5 Å². The third-order valence-electron chi connectivity index (χ3n) is 6.25. The molecule has 0 saturated carbocycles. The molecule has 10 nitrogen and oxygen atoms in total. The number of anilines is 2. The van der Waals surface area contributed by atoms with Crippen LogP contribution in [0.2, 0.25) is 0 Å². The summed E-state index contributed by atoms with van der Waals surface area (Å²) in [5.74, 6) is 0.186. The predicted octanol–water partition coefficient (Wildman–Crippen LogP) is 3.71. The number of pyridine rings is 3. The maximum Gasteiger partial charge on any atom is 0.281 e. The summed E-state index contributed by atoms with van der Waals surface area (Å²) >= 11 is 0. The summed E-state index contributed by atoms with van der Waals surface area (Å²) in [7, 11) is -4.25. The first-order valence-corrected chi connectivity index (χ1v) is 13.7. The number of carbonyl (C=O) groups excluding carboxylic acids is 1. The number of carbonyl (C=O) groups is 1. The van der Waals surface area contributed by atoms with Gasteiger partial charge in [-0.05, 0) is 77.3 Å². The van der Waals surface area contributed by atoms with Gasteiger partial charge in [-0.25, -0.2) is 19.7 Å². The van der Waals surface area contributed by atoms with E-state index in [1.165, 1.54) is 18.2 Å². The molecule has 3 N–H and O–H groups in total. The number of aryl methyl sites for hydroxylation is 1. The van der Waals surface area contributed by atoms with Gasteiger partial charge in [-0.1, -0.05) is 6.07 Å². The Balaban J connectivity index is 1.76. The van der Waals surface area contributed by atoms with Crippen LogP contribution in [0.5, 0.6) is 5.88 Å². The van der Waals surface area contributed by atoms with Crippen molar-refractivity contribution in [1.29, 1.82) is 0 Å². The normalized spacial score (nSPS) is 17.7. The zero-order valence-corrected chi connectivity index (χ0v) is 22.4. The Morgan fingerprint density at radius 3 is 2.43 bits per heavy atom. The van der Waals surface area contributed by atoms with E-state index >= 15 is 0 Å². The van der Waals surface area contributed by atoms with Gasteiger partial charge in [-0.15, -0.1) is 0 Å². The monoisotopic (exact) mass is 524 g/mol. The molecule has 0 radical (unpaired) electrons. The third kappa shape index (κ3) is 5.66. The van der Waals surface area contributed by atoms with Crippen LogP contribution in [0, 0.1) is 6.92 Å². The first-order chi connectivity index (χ1) is 17.5. The van der Waals surface area contributed by atoms with Crippen LogP contribution in [0.3, 0.4) is 0 Å². The SMILES string of the molecule is Cc1cc(C(=O)NS(=O)(=O)c2cccc(N)n2)c(N2[C@H](C)CC[C@@H]2C)nc1-c1ccc(OC(C)C)nc1. The van der Waals surface area contributed by atoms with E-state index < -0.39 is 15.9 Å². The minimum Gasteiger partial charge on any atom is -0.475 e. The van der Waals surface area contributed by atoms with Crippen molar-refractivity contribution in [3.8, 4) is 17.1 Å². The molecule has 0 aliphatic carbocycles. The number of ether oxygens (including phenoxy) is 1. The largest absolute Gasteiger partial charge is 0.475 e. The molecular formula is C26H32N6O4S. The minimum atomic E-state index is -4.25. The zero-order valence-electron chi connectivity index (χ0n) is 21.6. The second-order valence-corrected chi connectivity index (χ2v) is 11.2. The summed E-state index contributed by atoms with van der Waals surface area (Å²) in [4.78, 5) is 28.6. The molecule has 3 aromatic rings. The number of hydrogen-bond acceptors (Lipinski definition) is 9. The van der Waals surface area contributed by atoms with Crippen molar-refractivity contribution in [1.82, 2.24) is 19.7 Å². The van der Waals surface area contributed by atoms with Crippen LogP contribution in [0.25, 0.3) is 11.3 Å². The lowest BCUT2D eigenvalue weighted by atomic mass is 10.0. The lowest BCUT2D eigenvalue weighted by molar-refractivity contribution is 0.0981. The van der Waals surface area contributed by atoms with Gasteiger partial charge in [0.2, 0.25) is 5.88 Å². The smallest absolute Gasteiger partial charge is 0.281 e. The molecule has 0 spiro atoms. The summed E-state index contributed by atoms with van der Waals surface area (Å²) in [5.41, 5.74) is 7.93. The molecule has 3 aromatic heterocycles. The Kier molecular flexibility index (Phi) is 7.35. The Labute approximate surface area is 217 Å². The van der Waals surface area contributed by atoms with Gasteiger partial charge < -0.3 is 15.4 Å². The first kappa shape index (κ1) is 26.3. The van der Waals surface area contributed by atoms with Crippen molar-refractivity contribution in [2.45, 2.75) is 70.7 Å². The fourth-order valence-electron chi connectivity index (χ4n) is 4.51. The maximum atomic E-state index is 13.4. The van der Waals surface area contributed by atoms with Crippen molar-refractivity contribution in [2.24, 2.45) is 0 Å². The number of rotatable bonds is 7. The van der Waals surface area contributed by atoms with Crippen molar-refractivity contribution >= 4 is 27.6 Å². The van der Waals surface area contributed by atoms with Gasteiger partial charge in [0.1, 0.15) is 11.6 Å². The van der Waals surface area contributed by atoms with E-state index in [1.54, 1.807) is 18.3 Å². The quantitative estimate of drug-likeness (QED) is 0.473. The molecule has 1 amide bonds. The van der Waals surface area contributed by atoms with E-state index in [-0.39, 0.29) is 34.6 Å². The minimum absolute atomic E-state index is 0.000410. The number of amides is 1. The molecule has 0 unspecified atom stereocenters. The third-order valence-corrected chi connectivity index (χ3v) is 7.48. The molecule has 1 aliphatic heterocycles. The molecule has 0 aromatic carbocycles. The number of nitrogens with zero attached hydrogens (tertiary/aromatic N) is 4. The highest BCUT2D eigenvalue weighted by Crippen LogP contribution is 2.35. The van der Waals surface area contributed by atoms with Crippen LogP contribution in [0.1, 0.15) is 56.5 Å². The summed E-state index contributed by atoms with van der Waals surface area (Å²) < 4.78 is 33.6. The molecule has 1 fully saturated rings. The Hall–Kier alpha value is -3.73. The fraction of sp³-hybridized carbons (Fsp3) is 0.385. The van der Waals surface area contributed by atoms with E-state index in [0.29, 0.717) is 23.0 Å². The number of nitrogen functional groups attached to an aromatic ring is 1. The average molecular weight is 525 g/mol. The molecular weight excluding hydrogens is 492 g/mol. The molecule has 37 heavy (non-hydrogen) atoms. The molecule has 11 heteroatoms. The fourth-order valence-corrected chi connectivity index (χ4v) is 5.46. The van der Waals surface area contributed by atoms with Crippen LogP contribution in [-0.2, 0) is 10.0 Å². The predicted molar refractivity (Wildman–Crippen MR) is 142 cm³/mol. The molecule has 1 saturated heterocycles. The number of nitrogens with one attached hydrogen (secondary N) is 1. The van der Waals surface area contributed by atoms with E-state index in [0.717, 1.165) is 18.4 Å². The van der Waals surface area contributed by atoms with Crippen molar-refractivity contribution in [3.05, 3.63) is 53.7 Å². The Morgan fingerprint density at radius 1 is 1.14 bits per heavy atom. The molecule has 4 rings (SSSR count). The van der Waals surface area contributed by atoms with Gasteiger partial charge in [0.25, 0.3) is 15.9 Å². The molecule has 0 bridgehead atoms. The van der Waals surface area contributed by atoms with E-state index in [1.807, 2.05) is 26.8 Å². The van der Waals surface area contributed by atoms with Crippen molar-refractivity contribution in [2.75, 3.05) is 10.6 Å². The van der Waals surface area contributed by atoms with Gasteiger partial charge in [0.15, 0.2) is 5.03 Å². The first-order valence-electron chi connectivity index (χ1n) is 12.2. The Bertz CT molecular complexity index is 1400. The molecule has 2 atom stereocenters. The van der Waals surface area contributed by atoms with Crippen LogP contribution >= 0.6 is 0 Å². The lowest BCUT2D eigenvalue weighted by Gasteiger charge is -2.30. The summed E-state index contributed by atoms with van der Waals surface area (Å²) in [6.07, 6.45) is 3.55. The van der Waals surface area contributed by atoms with E-state index in [9.17, 15) is 13.2 Å². The maximum absolute atomic E-state index is 13.4. The summed E-state index contributed by atoms with van der Waals surface area (Å²) in [6, 6.07) is 9.78. The molecule has 4 heterocycles. The number of nitrogens with two attached hydrogens (primary N) is 1. The van der Waals surface area contributed by atoms with Crippen LogP contribution in [0.4, 0.5) is 11.6 Å². The molecule has 1 aliphatic rings. The second kappa shape index (κ2) is 10.3. The van der Waals surface area contributed by atoms with Crippen LogP contribution in [-0.4, -0.2) is 47.5 Å². The Morgan fingerprint density at radius 2 is 1.84 bits per heavy atom. The van der Waals surface area contributed by atoms with Gasteiger partial charge >= 0.3 is 0 Å².